The molecule has 2 heterocycles. The summed E-state index contributed by atoms with van der Waals surface area (Å²) in [5, 5.41) is 1.96. The molecule has 0 aliphatic carbocycles. The number of amides is 2. The van der Waals surface area contributed by atoms with Crippen molar-refractivity contribution in [3.8, 4) is 0 Å². The van der Waals surface area contributed by atoms with E-state index in [0.29, 0.717) is 12.1 Å². The van der Waals surface area contributed by atoms with Gasteiger partial charge in [0.15, 0.2) is 0 Å². The second-order valence-corrected chi connectivity index (χ2v) is 5.05. The minimum absolute atomic E-state index is 0.0637. The molecule has 1 aromatic heterocycles. The monoisotopic (exact) mass is 249 g/mol. The van der Waals surface area contributed by atoms with Crippen molar-refractivity contribution in [3.63, 3.8) is 0 Å². The van der Waals surface area contributed by atoms with Gasteiger partial charge < -0.3 is 0 Å². The molecule has 0 atom stereocenters. The summed E-state index contributed by atoms with van der Waals surface area (Å²) in [6, 6.07) is 3.89. The average Bonchev–Trinajstić information content (AvgIpc) is 2.89. The van der Waals surface area contributed by atoms with Crippen molar-refractivity contribution in [2.24, 2.45) is 0 Å². The van der Waals surface area contributed by atoms with Crippen molar-refractivity contribution in [1.82, 2.24) is 4.90 Å². The van der Waals surface area contributed by atoms with Crippen LogP contribution < -0.4 is 0 Å². The third-order valence-electron chi connectivity index (χ3n) is 2.76. The highest BCUT2D eigenvalue weighted by Crippen LogP contribution is 2.23. The summed E-state index contributed by atoms with van der Waals surface area (Å²) in [5.41, 5.74) is 0.619. The summed E-state index contributed by atoms with van der Waals surface area (Å²) < 4.78 is 0. The third-order valence-corrected chi connectivity index (χ3v) is 3.58. The van der Waals surface area contributed by atoms with Crippen LogP contribution in [0.5, 0.6) is 0 Å². The molecule has 3 nitrogen and oxygen atoms in total. The molecular weight excluding hydrogens is 234 g/mol. The van der Waals surface area contributed by atoms with E-state index < -0.39 is 0 Å². The maximum absolute atomic E-state index is 12.0. The van der Waals surface area contributed by atoms with Gasteiger partial charge in [0, 0.05) is 17.0 Å². The Balaban J connectivity index is 2.13. The van der Waals surface area contributed by atoms with Crippen LogP contribution in [0, 0.1) is 0 Å². The molecule has 1 aliphatic rings. The minimum atomic E-state index is -0.114. The fraction of sp³-hybridized carbons (Fsp3) is 0.385. The minimum Gasteiger partial charge on any atom is -0.278 e. The maximum Gasteiger partial charge on any atom is 0.256 e. The van der Waals surface area contributed by atoms with E-state index in [1.54, 1.807) is 11.3 Å². The Kier molecular flexibility index (Phi) is 3.74. The number of hydrogen-bond donors (Lipinski definition) is 0. The molecule has 0 bridgehead atoms. The van der Waals surface area contributed by atoms with Crippen LogP contribution >= 0.6 is 11.3 Å². The number of carbonyl (C=O) groups is 2. The van der Waals surface area contributed by atoms with Gasteiger partial charge in [-0.1, -0.05) is 19.4 Å². The fourth-order valence-electron chi connectivity index (χ4n) is 1.82. The Labute approximate surface area is 105 Å². The van der Waals surface area contributed by atoms with E-state index in [4.69, 9.17) is 0 Å². The van der Waals surface area contributed by atoms with E-state index in [-0.39, 0.29) is 18.2 Å². The van der Waals surface area contributed by atoms with Gasteiger partial charge in [0.25, 0.3) is 5.91 Å². The lowest BCUT2D eigenvalue weighted by molar-refractivity contribution is -0.137. The summed E-state index contributed by atoms with van der Waals surface area (Å²) in [6.07, 6.45) is 3.95. The first kappa shape index (κ1) is 12.0. The number of carbonyl (C=O) groups excluding carboxylic acids is 2. The first-order valence-corrected chi connectivity index (χ1v) is 6.69. The molecule has 0 unspecified atom stereocenters. The second-order valence-electron chi connectivity index (χ2n) is 4.07. The molecule has 1 aromatic rings. The Morgan fingerprint density at radius 1 is 1.47 bits per heavy atom. The number of thiophene rings is 1. The molecule has 2 amide bonds. The summed E-state index contributed by atoms with van der Waals surface area (Å²) in [5.74, 6) is -0.178. The van der Waals surface area contributed by atoms with Crippen LogP contribution in [0.15, 0.2) is 23.1 Å². The highest BCUT2D eigenvalue weighted by Gasteiger charge is 2.32. The lowest BCUT2D eigenvalue weighted by Gasteiger charge is -2.11. The standard InChI is InChI=1S/C13H15NO2S/c1-2-3-6-14-12(15)9-10(13(14)16)8-11-5-4-7-17-11/h4-5,7-8H,2-3,6,9H2,1H3/b10-8+. The van der Waals surface area contributed by atoms with E-state index in [1.807, 2.05) is 30.5 Å². The van der Waals surface area contributed by atoms with Gasteiger partial charge in [-0.2, -0.15) is 0 Å². The Morgan fingerprint density at radius 2 is 2.29 bits per heavy atom. The molecule has 17 heavy (non-hydrogen) atoms. The second kappa shape index (κ2) is 5.27. The SMILES string of the molecule is CCCCN1C(=O)C/C(=C\c2cccs2)C1=O. The Hall–Kier alpha value is -1.42. The zero-order valence-electron chi connectivity index (χ0n) is 9.81. The van der Waals surface area contributed by atoms with Crippen LogP contribution in [0.1, 0.15) is 31.1 Å². The number of unbranched alkanes of at least 4 members (excludes halogenated alkanes) is 1. The van der Waals surface area contributed by atoms with Gasteiger partial charge in [-0.25, -0.2) is 0 Å². The number of imide groups is 1. The molecule has 2 rings (SSSR count). The van der Waals surface area contributed by atoms with Gasteiger partial charge in [0.2, 0.25) is 5.91 Å². The quantitative estimate of drug-likeness (QED) is 0.607. The predicted molar refractivity (Wildman–Crippen MR) is 68.5 cm³/mol. The summed E-state index contributed by atoms with van der Waals surface area (Å²) in [6.45, 7) is 2.60. The van der Waals surface area contributed by atoms with E-state index >= 15 is 0 Å². The third kappa shape index (κ3) is 2.64. The van der Waals surface area contributed by atoms with Gasteiger partial charge in [-0.05, 0) is 23.9 Å². The van der Waals surface area contributed by atoms with Crippen LogP contribution in [-0.2, 0) is 9.59 Å². The van der Waals surface area contributed by atoms with Crippen LogP contribution in [0.4, 0.5) is 0 Å². The molecule has 0 saturated carbocycles. The molecular formula is C13H15NO2S. The zero-order valence-corrected chi connectivity index (χ0v) is 10.6. The molecule has 0 N–H and O–H groups in total. The molecule has 1 aliphatic heterocycles. The maximum atomic E-state index is 12.0. The van der Waals surface area contributed by atoms with E-state index in [0.717, 1.165) is 17.7 Å². The topological polar surface area (TPSA) is 37.4 Å². The van der Waals surface area contributed by atoms with Crippen molar-refractivity contribution in [2.75, 3.05) is 6.54 Å². The number of likely N-dealkylation sites (tertiary alicyclic amines) is 1. The fourth-order valence-corrected chi connectivity index (χ4v) is 2.50. The lowest BCUT2D eigenvalue weighted by Crippen LogP contribution is -2.30. The smallest absolute Gasteiger partial charge is 0.256 e. The van der Waals surface area contributed by atoms with E-state index in [1.165, 1.54) is 4.90 Å². The summed E-state index contributed by atoms with van der Waals surface area (Å²) >= 11 is 1.57. The van der Waals surface area contributed by atoms with Crippen LogP contribution in [0.2, 0.25) is 0 Å². The van der Waals surface area contributed by atoms with E-state index in [2.05, 4.69) is 0 Å². The normalized spacial score (nSPS) is 18.4. The molecule has 90 valence electrons. The molecule has 4 heteroatoms. The van der Waals surface area contributed by atoms with Crippen molar-refractivity contribution in [2.45, 2.75) is 26.2 Å². The van der Waals surface area contributed by atoms with Gasteiger partial charge in [-0.3, -0.25) is 14.5 Å². The number of hydrogen-bond acceptors (Lipinski definition) is 3. The molecule has 1 fully saturated rings. The van der Waals surface area contributed by atoms with Gasteiger partial charge in [-0.15, -0.1) is 11.3 Å². The van der Waals surface area contributed by atoms with Crippen LogP contribution in [-0.4, -0.2) is 23.3 Å². The Bertz CT molecular complexity index is 448. The first-order valence-electron chi connectivity index (χ1n) is 5.81. The molecule has 0 spiro atoms. The number of rotatable bonds is 4. The first-order chi connectivity index (χ1) is 8.22. The van der Waals surface area contributed by atoms with Crippen molar-refractivity contribution >= 4 is 29.2 Å². The highest BCUT2D eigenvalue weighted by molar-refractivity contribution is 7.10. The summed E-state index contributed by atoms with van der Waals surface area (Å²) in [4.78, 5) is 26.1. The summed E-state index contributed by atoms with van der Waals surface area (Å²) in [7, 11) is 0. The van der Waals surface area contributed by atoms with Crippen molar-refractivity contribution in [3.05, 3.63) is 28.0 Å². The van der Waals surface area contributed by atoms with Crippen LogP contribution in [0.25, 0.3) is 6.08 Å². The Morgan fingerprint density at radius 3 is 2.94 bits per heavy atom. The van der Waals surface area contributed by atoms with Crippen LogP contribution in [0.3, 0.4) is 0 Å². The molecule has 0 radical (unpaired) electrons. The van der Waals surface area contributed by atoms with Crippen molar-refractivity contribution < 1.29 is 9.59 Å². The van der Waals surface area contributed by atoms with Crippen molar-refractivity contribution in [1.29, 1.82) is 0 Å². The molecule has 0 aromatic carbocycles. The predicted octanol–water partition coefficient (Wildman–Crippen LogP) is 2.69. The average molecular weight is 249 g/mol. The lowest BCUT2D eigenvalue weighted by atomic mass is 10.2. The van der Waals surface area contributed by atoms with E-state index in [9.17, 15) is 9.59 Å². The largest absolute Gasteiger partial charge is 0.278 e. The number of nitrogens with zero attached hydrogens (tertiary/aromatic N) is 1. The molecule has 1 saturated heterocycles. The van der Waals surface area contributed by atoms with Gasteiger partial charge in [0.05, 0.1) is 6.42 Å². The van der Waals surface area contributed by atoms with Gasteiger partial charge >= 0.3 is 0 Å². The zero-order chi connectivity index (χ0) is 12.3. The highest BCUT2D eigenvalue weighted by atomic mass is 32.1. The van der Waals surface area contributed by atoms with Gasteiger partial charge in [0.1, 0.15) is 0 Å².